The molecule has 1 fully saturated rings. The first-order valence-electron chi connectivity index (χ1n) is 6.73. The lowest BCUT2D eigenvalue weighted by atomic mass is 10.2. The molecule has 0 aliphatic carbocycles. The minimum Gasteiger partial charge on any atom is -0.377 e. The molecule has 0 aromatic carbocycles. The molecule has 2 heterocycles. The van der Waals surface area contributed by atoms with Gasteiger partial charge in [-0.25, -0.2) is 4.98 Å². The lowest BCUT2D eigenvalue weighted by molar-refractivity contribution is -0.00461. The fourth-order valence-corrected chi connectivity index (χ4v) is 2.51. The molecule has 1 aliphatic rings. The number of nitrogens with zero attached hydrogens (tertiary/aromatic N) is 2. The molecular formula is C14H23N3O2. The van der Waals surface area contributed by atoms with Crippen LogP contribution in [0, 0.1) is 0 Å². The van der Waals surface area contributed by atoms with E-state index >= 15 is 0 Å². The summed E-state index contributed by atoms with van der Waals surface area (Å²) in [5.74, 6) is 0.936. The molecule has 0 bridgehead atoms. The van der Waals surface area contributed by atoms with E-state index in [1.807, 2.05) is 6.20 Å². The smallest absolute Gasteiger partial charge is 0.126 e. The van der Waals surface area contributed by atoms with E-state index in [9.17, 15) is 0 Å². The van der Waals surface area contributed by atoms with Crippen LogP contribution in [0.5, 0.6) is 0 Å². The van der Waals surface area contributed by atoms with E-state index in [1.165, 1.54) is 5.56 Å². The van der Waals surface area contributed by atoms with Gasteiger partial charge in [0.25, 0.3) is 0 Å². The molecule has 5 nitrogen and oxygen atoms in total. The molecule has 5 heteroatoms. The second-order valence-electron chi connectivity index (χ2n) is 4.82. The van der Waals surface area contributed by atoms with Crippen molar-refractivity contribution in [2.75, 3.05) is 39.2 Å². The Hall–Kier alpha value is -1.17. The highest BCUT2D eigenvalue weighted by molar-refractivity contribution is 5.37. The second-order valence-corrected chi connectivity index (χ2v) is 4.82. The maximum absolute atomic E-state index is 5.45. The monoisotopic (exact) mass is 265 g/mol. The lowest BCUT2D eigenvalue weighted by Crippen LogP contribution is -2.27. The largest absolute Gasteiger partial charge is 0.377 e. The van der Waals surface area contributed by atoms with Crippen molar-refractivity contribution < 1.29 is 9.47 Å². The molecule has 1 aliphatic heterocycles. The van der Waals surface area contributed by atoms with E-state index in [1.54, 1.807) is 14.2 Å². The number of aromatic nitrogens is 1. The number of methoxy groups -OCH3 is 2. The van der Waals surface area contributed by atoms with Crippen molar-refractivity contribution >= 4 is 5.82 Å². The molecule has 2 atom stereocenters. The van der Waals surface area contributed by atoms with Gasteiger partial charge in [0.15, 0.2) is 0 Å². The summed E-state index contributed by atoms with van der Waals surface area (Å²) in [5, 5.41) is 3.23. The van der Waals surface area contributed by atoms with Gasteiger partial charge in [0.05, 0.1) is 12.2 Å². The standard InChI is InChI=1S/C14H23N3O2/c1-4-15-14-7-11(5-6-16-14)8-17-9-12(18-2)13(10-17)19-3/h5-7,12-13H,4,8-10H2,1-3H3,(H,15,16). The van der Waals surface area contributed by atoms with Gasteiger partial charge in [-0.2, -0.15) is 0 Å². The van der Waals surface area contributed by atoms with E-state index in [2.05, 4.69) is 34.3 Å². The third-order valence-corrected chi connectivity index (χ3v) is 3.48. The molecular weight excluding hydrogens is 242 g/mol. The third kappa shape index (κ3) is 3.65. The number of rotatable bonds is 6. The van der Waals surface area contributed by atoms with Crippen molar-refractivity contribution in [3.05, 3.63) is 23.9 Å². The molecule has 2 unspecified atom stereocenters. The van der Waals surface area contributed by atoms with E-state index in [0.29, 0.717) is 0 Å². The zero-order chi connectivity index (χ0) is 13.7. The van der Waals surface area contributed by atoms with Crippen molar-refractivity contribution in [3.8, 4) is 0 Å². The highest BCUT2D eigenvalue weighted by atomic mass is 16.5. The Kier molecular flexibility index (Phi) is 5.13. The van der Waals surface area contributed by atoms with Crippen molar-refractivity contribution in [1.82, 2.24) is 9.88 Å². The van der Waals surface area contributed by atoms with Gasteiger partial charge in [0, 0.05) is 46.6 Å². The average molecular weight is 265 g/mol. The fraction of sp³-hybridized carbons (Fsp3) is 0.643. The first-order chi connectivity index (χ1) is 9.26. The van der Waals surface area contributed by atoms with Gasteiger partial charge in [0.1, 0.15) is 5.82 Å². The van der Waals surface area contributed by atoms with Crippen LogP contribution in [0.1, 0.15) is 12.5 Å². The number of ether oxygens (including phenoxy) is 2. The van der Waals surface area contributed by atoms with E-state index in [4.69, 9.17) is 9.47 Å². The fourth-order valence-electron chi connectivity index (χ4n) is 2.51. The van der Waals surface area contributed by atoms with Crippen molar-refractivity contribution in [2.24, 2.45) is 0 Å². The highest BCUT2D eigenvalue weighted by Crippen LogP contribution is 2.19. The van der Waals surface area contributed by atoms with Gasteiger partial charge < -0.3 is 14.8 Å². The SMILES string of the molecule is CCNc1cc(CN2CC(OC)C(OC)C2)ccn1. The molecule has 1 aromatic rings. The number of hydrogen-bond acceptors (Lipinski definition) is 5. The molecule has 0 spiro atoms. The summed E-state index contributed by atoms with van der Waals surface area (Å²) in [7, 11) is 3.49. The minimum absolute atomic E-state index is 0.167. The van der Waals surface area contributed by atoms with Crippen LogP contribution < -0.4 is 5.32 Å². The molecule has 0 amide bonds. The molecule has 1 N–H and O–H groups in total. The zero-order valence-electron chi connectivity index (χ0n) is 11.9. The number of hydrogen-bond donors (Lipinski definition) is 1. The molecule has 1 aromatic heterocycles. The number of pyridine rings is 1. The Labute approximate surface area is 114 Å². The Bertz CT molecular complexity index is 388. The van der Waals surface area contributed by atoms with Gasteiger partial charge >= 0.3 is 0 Å². The van der Waals surface area contributed by atoms with Crippen LogP contribution in [0.25, 0.3) is 0 Å². The van der Waals surface area contributed by atoms with Crippen LogP contribution in [0.3, 0.4) is 0 Å². The molecule has 19 heavy (non-hydrogen) atoms. The van der Waals surface area contributed by atoms with Gasteiger partial charge in [-0.05, 0) is 24.6 Å². The number of likely N-dealkylation sites (tertiary alicyclic amines) is 1. The Morgan fingerprint density at radius 3 is 2.58 bits per heavy atom. The summed E-state index contributed by atoms with van der Waals surface area (Å²) in [6.07, 6.45) is 2.19. The molecule has 0 radical (unpaired) electrons. The minimum atomic E-state index is 0.167. The summed E-state index contributed by atoms with van der Waals surface area (Å²) < 4.78 is 10.9. The van der Waals surface area contributed by atoms with Crippen molar-refractivity contribution in [1.29, 1.82) is 0 Å². The van der Waals surface area contributed by atoms with Crippen LogP contribution in [-0.4, -0.2) is 55.9 Å². The normalized spacial score (nSPS) is 23.7. The first-order valence-corrected chi connectivity index (χ1v) is 6.73. The predicted octanol–water partition coefficient (Wildman–Crippen LogP) is 1.36. The van der Waals surface area contributed by atoms with E-state index in [0.717, 1.165) is 32.0 Å². The maximum Gasteiger partial charge on any atom is 0.126 e. The van der Waals surface area contributed by atoms with Gasteiger partial charge in [-0.1, -0.05) is 0 Å². The van der Waals surface area contributed by atoms with Crippen LogP contribution >= 0.6 is 0 Å². The van der Waals surface area contributed by atoms with E-state index < -0.39 is 0 Å². The topological polar surface area (TPSA) is 46.6 Å². The van der Waals surface area contributed by atoms with Crippen LogP contribution in [0.15, 0.2) is 18.3 Å². The third-order valence-electron chi connectivity index (χ3n) is 3.48. The Morgan fingerprint density at radius 1 is 1.32 bits per heavy atom. The van der Waals surface area contributed by atoms with Crippen LogP contribution in [0.2, 0.25) is 0 Å². The predicted molar refractivity (Wildman–Crippen MR) is 75.3 cm³/mol. The van der Waals surface area contributed by atoms with Crippen LogP contribution in [0.4, 0.5) is 5.82 Å². The maximum atomic E-state index is 5.45. The summed E-state index contributed by atoms with van der Waals surface area (Å²) >= 11 is 0. The second kappa shape index (κ2) is 6.84. The summed E-state index contributed by atoms with van der Waals surface area (Å²) in [6, 6.07) is 4.16. The number of anilines is 1. The molecule has 0 saturated carbocycles. The summed E-state index contributed by atoms with van der Waals surface area (Å²) in [4.78, 5) is 6.64. The molecule has 2 rings (SSSR count). The van der Waals surface area contributed by atoms with E-state index in [-0.39, 0.29) is 12.2 Å². The van der Waals surface area contributed by atoms with Crippen LogP contribution in [-0.2, 0) is 16.0 Å². The number of nitrogens with one attached hydrogen (secondary N) is 1. The van der Waals surface area contributed by atoms with Gasteiger partial charge in [0.2, 0.25) is 0 Å². The quantitative estimate of drug-likeness (QED) is 0.841. The molecule has 106 valence electrons. The Morgan fingerprint density at radius 2 is 2.00 bits per heavy atom. The van der Waals surface area contributed by atoms with Crippen molar-refractivity contribution in [2.45, 2.75) is 25.7 Å². The highest BCUT2D eigenvalue weighted by Gasteiger charge is 2.32. The van der Waals surface area contributed by atoms with Gasteiger partial charge in [-0.3, -0.25) is 4.90 Å². The first kappa shape index (κ1) is 14.2. The van der Waals surface area contributed by atoms with Crippen molar-refractivity contribution in [3.63, 3.8) is 0 Å². The summed E-state index contributed by atoms with van der Waals surface area (Å²) in [6.45, 7) is 5.68. The average Bonchev–Trinajstić information content (AvgIpc) is 2.81. The Balaban J connectivity index is 1.96. The zero-order valence-corrected chi connectivity index (χ0v) is 11.9. The van der Waals surface area contributed by atoms with Gasteiger partial charge in [-0.15, -0.1) is 0 Å². The lowest BCUT2D eigenvalue weighted by Gasteiger charge is -2.15. The molecule has 1 saturated heterocycles. The summed E-state index contributed by atoms with van der Waals surface area (Å²) in [5.41, 5.74) is 1.26.